The van der Waals surface area contributed by atoms with E-state index in [1.165, 1.54) is 12.8 Å². The Bertz CT molecular complexity index is 1330. The summed E-state index contributed by atoms with van der Waals surface area (Å²) >= 11 is 0. The molecule has 1 fully saturated rings. The molecule has 1 aromatic carbocycles. The molecule has 11 heteroatoms. The first-order valence-electron chi connectivity index (χ1n) is 11.6. The Morgan fingerprint density at radius 3 is 2.94 bits per heavy atom. The van der Waals surface area contributed by atoms with Crippen molar-refractivity contribution < 1.29 is 9.90 Å². The summed E-state index contributed by atoms with van der Waals surface area (Å²) in [5, 5.41) is 32.9. The Kier molecular flexibility index (Phi) is 5.84. The number of nitrogens with zero attached hydrogens (tertiary/aromatic N) is 5. The number of fused-ring (bicyclic) bond motifs is 1. The fourth-order valence-corrected chi connectivity index (χ4v) is 4.31. The molecule has 3 heterocycles. The van der Waals surface area contributed by atoms with E-state index in [2.05, 4.69) is 37.1 Å². The minimum Gasteiger partial charge on any atom is -0.394 e. The number of anilines is 3. The molecule has 2 aliphatic rings. The molecule has 1 aliphatic heterocycles. The second kappa shape index (κ2) is 8.98. The number of carbonyl (C=O) groups is 1. The molecular weight excluding hydrogens is 446 g/mol. The van der Waals surface area contributed by atoms with Gasteiger partial charge in [-0.1, -0.05) is 12.8 Å². The lowest BCUT2D eigenvalue weighted by Gasteiger charge is -2.21. The molecule has 1 amide bonds. The van der Waals surface area contributed by atoms with E-state index in [1.54, 1.807) is 36.1 Å². The van der Waals surface area contributed by atoms with Crippen molar-refractivity contribution in [1.82, 2.24) is 25.1 Å². The van der Waals surface area contributed by atoms with Crippen molar-refractivity contribution in [3.05, 3.63) is 47.3 Å². The second-order valence-corrected chi connectivity index (χ2v) is 9.07. The normalized spacial score (nSPS) is 18.5. The van der Waals surface area contributed by atoms with Crippen LogP contribution >= 0.6 is 0 Å². The number of amides is 1. The van der Waals surface area contributed by atoms with Crippen molar-refractivity contribution in [3.8, 4) is 17.3 Å². The van der Waals surface area contributed by atoms with E-state index >= 15 is 0 Å². The Labute approximate surface area is 202 Å². The average molecular weight is 474 g/mol. The zero-order chi connectivity index (χ0) is 24.6. The SMILES string of the molecule is CNC(=O)c1cc(Nc2nccc(-c3cc(C#N)c4c(c3)C(N)(CO)CN4)n2)nn1CCC1CC1. The number of aliphatic hydroxyl groups is 1. The molecule has 2 aromatic heterocycles. The van der Waals surface area contributed by atoms with Crippen LogP contribution in [0.5, 0.6) is 0 Å². The molecule has 1 atom stereocenters. The van der Waals surface area contributed by atoms with Gasteiger partial charge in [0.1, 0.15) is 11.8 Å². The van der Waals surface area contributed by atoms with Gasteiger partial charge in [-0.15, -0.1) is 0 Å². The number of hydrogen-bond donors (Lipinski definition) is 5. The summed E-state index contributed by atoms with van der Waals surface area (Å²) in [6.45, 7) is 0.751. The lowest BCUT2D eigenvalue weighted by molar-refractivity contribution is 0.0952. The molecule has 0 radical (unpaired) electrons. The van der Waals surface area contributed by atoms with Gasteiger partial charge in [0, 0.05) is 43.5 Å². The topological polar surface area (TPSA) is 167 Å². The maximum Gasteiger partial charge on any atom is 0.269 e. The molecule has 1 aliphatic carbocycles. The minimum absolute atomic E-state index is 0.207. The highest BCUT2D eigenvalue weighted by Gasteiger charge is 2.36. The van der Waals surface area contributed by atoms with Crippen molar-refractivity contribution in [1.29, 1.82) is 5.26 Å². The van der Waals surface area contributed by atoms with Gasteiger partial charge in [-0.3, -0.25) is 9.48 Å². The van der Waals surface area contributed by atoms with Crippen molar-refractivity contribution in [3.63, 3.8) is 0 Å². The van der Waals surface area contributed by atoms with Crippen LogP contribution in [0, 0.1) is 17.2 Å². The molecule has 6 N–H and O–H groups in total. The van der Waals surface area contributed by atoms with Gasteiger partial charge < -0.3 is 26.8 Å². The third kappa shape index (κ3) is 4.41. The Hall–Kier alpha value is -4.01. The van der Waals surface area contributed by atoms with Crippen LogP contribution in [0.4, 0.5) is 17.5 Å². The fraction of sp³-hybridized carbons (Fsp3) is 0.375. The molecule has 0 saturated heterocycles. The zero-order valence-electron chi connectivity index (χ0n) is 19.4. The third-order valence-corrected chi connectivity index (χ3v) is 6.53. The van der Waals surface area contributed by atoms with Crippen molar-refractivity contribution in [2.24, 2.45) is 11.7 Å². The van der Waals surface area contributed by atoms with Crippen molar-refractivity contribution >= 4 is 23.4 Å². The van der Waals surface area contributed by atoms with Crippen LogP contribution in [-0.4, -0.2) is 51.0 Å². The molecule has 0 bridgehead atoms. The minimum atomic E-state index is -0.978. The molecule has 1 unspecified atom stereocenters. The zero-order valence-corrected chi connectivity index (χ0v) is 19.4. The van der Waals surface area contributed by atoms with Crippen LogP contribution < -0.4 is 21.7 Å². The number of aliphatic hydroxyl groups excluding tert-OH is 1. The van der Waals surface area contributed by atoms with Crippen LogP contribution in [0.3, 0.4) is 0 Å². The number of nitriles is 1. The summed E-state index contributed by atoms with van der Waals surface area (Å²) in [6.07, 6.45) is 5.06. The molecule has 11 nitrogen and oxygen atoms in total. The largest absolute Gasteiger partial charge is 0.394 e. The van der Waals surface area contributed by atoms with Crippen molar-refractivity contribution in [2.45, 2.75) is 31.3 Å². The monoisotopic (exact) mass is 473 g/mol. The Balaban J connectivity index is 1.44. The molecule has 180 valence electrons. The number of aryl methyl sites for hydroxylation is 1. The van der Waals surface area contributed by atoms with Crippen LogP contribution in [0.25, 0.3) is 11.3 Å². The molecule has 35 heavy (non-hydrogen) atoms. The summed E-state index contributed by atoms with van der Waals surface area (Å²) in [5.74, 6) is 1.28. The molecule has 3 aromatic rings. The highest BCUT2D eigenvalue weighted by molar-refractivity contribution is 5.93. The third-order valence-electron chi connectivity index (χ3n) is 6.53. The highest BCUT2D eigenvalue weighted by Crippen LogP contribution is 2.38. The molecule has 1 saturated carbocycles. The van der Waals surface area contributed by atoms with E-state index in [0.717, 1.165) is 6.42 Å². The first kappa shape index (κ1) is 22.8. The number of rotatable bonds is 8. The summed E-state index contributed by atoms with van der Waals surface area (Å²) in [7, 11) is 1.59. The quantitative estimate of drug-likeness (QED) is 0.327. The van der Waals surface area contributed by atoms with E-state index in [-0.39, 0.29) is 12.5 Å². The summed E-state index contributed by atoms with van der Waals surface area (Å²) in [6, 6.07) is 9.18. The summed E-state index contributed by atoms with van der Waals surface area (Å²) in [4.78, 5) is 21.2. The predicted octanol–water partition coefficient (Wildman–Crippen LogP) is 1.69. The summed E-state index contributed by atoms with van der Waals surface area (Å²) < 4.78 is 1.71. The smallest absolute Gasteiger partial charge is 0.269 e. The van der Waals surface area contributed by atoms with Gasteiger partial charge in [0.2, 0.25) is 5.95 Å². The first-order valence-corrected chi connectivity index (χ1v) is 11.6. The van der Waals surface area contributed by atoms with E-state index in [9.17, 15) is 15.2 Å². The molecule has 0 spiro atoms. The van der Waals surface area contributed by atoms with E-state index in [0.29, 0.717) is 64.5 Å². The Morgan fingerprint density at radius 1 is 1.40 bits per heavy atom. The number of aromatic nitrogens is 4. The lowest BCUT2D eigenvalue weighted by Crippen LogP contribution is -2.42. The summed E-state index contributed by atoms with van der Waals surface area (Å²) in [5.41, 5.74) is 8.85. The first-order chi connectivity index (χ1) is 16.9. The second-order valence-electron chi connectivity index (χ2n) is 9.07. The van der Waals surface area contributed by atoms with Gasteiger partial charge in [-0.2, -0.15) is 10.4 Å². The van der Waals surface area contributed by atoms with E-state index < -0.39 is 5.54 Å². The number of hydrogen-bond acceptors (Lipinski definition) is 9. The standard InChI is InChI=1S/C24H27N9O2/c1-27-22(35)19-10-20(32-33(19)7-5-14-2-3-14)31-23-28-6-4-18(30-23)15-8-16(11-25)21-17(9-15)24(26,13-34)12-29-21/h4,6,8-10,14,29,34H,2-3,5,7,12-13,26H2,1H3,(H,27,35)(H,28,30,31,32). The number of nitrogens with two attached hydrogens (primary N) is 1. The Morgan fingerprint density at radius 2 is 2.23 bits per heavy atom. The van der Waals surface area contributed by atoms with E-state index in [4.69, 9.17) is 5.73 Å². The number of carbonyl (C=O) groups excluding carboxylic acids is 1. The van der Waals surface area contributed by atoms with Crippen molar-refractivity contribution in [2.75, 3.05) is 30.8 Å². The number of benzene rings is 1. The highest BCUT2D eigenvalue weighted by atomic mass is 16.3. The van der Waals surface area contributed by atoms with Crippen LogP contribution in [0.2, 0.25) is 0 Å². The molecular formula is C24H27N9O2. The van der Waals surface area contributed by atoms with Gasteiger partial charge in [-0.25, -0.2) is 9.97 Å². The predicted molar refractivity (Wildman–Crippen MR) is 130 cm³/mol. The van der Waals surface area contributed by atoms with Crippen LogP contribution in [-0.2, 0) is 12.1 Å². The fourth-order valence-electron chi connectivity index (χ4n) is 4.31. The lowest BCUT2D eigenvalue weighted by atomic mass is 9.90. The maximum atomic E-state index is 12.3. The van der Waals surface area contributed by atoms with E-state index in [1.807, 2.05) is 6.07 Å². The molecule has 5 rings (SSSR count). The van der Waals surface area contributed by atoms with Gasteiger partial charge >= 0.3 is 0 Å². The van der Waals surface area contributed by atoms with Gasteiger partial charge in [-0.05, 0) is 30.5 Å². The van der Waals surface area contributed by atoms with Gasteiger partial charge in [0.25, 0.3) is 5.91 Å². The van der Waals surface area contributed by atoms with Gasteiger partial charge in [0.05, 0.1) is 29.1 Å². The van der Waals surface area contributed by atoms with Gasteiger partial charge in [0.15, 0.2) is 5.82 Å². The number of nitrogens with one attached hydrogen (secondary N) is 3. The van der Waals surface area contributed by atoms with Crippen LogP contribution in [0.1, 0.15) is 40.9 Å². The maximum absolute atomic E-state index is 12.3. The average Bonchev–Trinajstić information content (AvgIpc) is 3.54. The van der Waals surface area contributed by atoms with Crippen LogP contribution in [0.15, 0.2) is 30.5 Å².